The second kappa shape index (κ2) is 5.65. The van der Waals surface area contributed by atoms with Crippen LogP contribution in [0.4, 0.5) is 8.78 Å². The first-order valence-electron chi connectivity index (χ1n) is 5.91. The number of alkyl halides is 1. The van der Waals surface area contributed by atoms with E-state index in [1.165, 1.54) is 6.07 Å². The number of hydrogen-bond donors (Lipinski definition) is 0. The molecule has 0 spiro atoms. The minimum atomic E-state index is -0.813. The smallest absolute Gasteiger partial charge is 0.237 e. The number of rotatable bonds is 2. The molecule has 0 bridgehead atoms. The number of amides is 1. The van der Waals surface area contributed by atoms with E-state index in [9.17, 15) is 13.6 Å². The molecule has 1 aromatic rings. The van der Waals surface area contributed by atoms with Crippen LogP contribution in [-0.2, 0) is 4.79 Å². The highest BCUT2D eigenvalue weighted by Gasteiger charge is 2.25. The summed E-state index contributed by atoms with van der Waals surface area (Å²) in [5, 5.41) is 0. The predicted molar refractivity (Wildman–Crippen MR) is 65.6 cm³/mol. The lowest BCUT2D eigenvalue weighted by Gasteiger charge is -2.32. The molecule has 1 aromatic carbocycles. The number of carbonyl (C=O) groups excluding carboxylic acids is 1. The average Bonchev–Trinajstić information content (AvgIpc) is 2.41. The molecular weight excluding hydrogens is 260 g/mol. The summed E-state index contributed by atoms with van der Waals surface area (Å²) < 4.78 is 26.8. The first kappa shape index (κ1) is 13.3. The van der Waals surface area contributed by atoms with Crippen LogP contribution in [0, 0.1) is 11.6 Å². The largest absolute Gasteiger partial charge is 0.342 e. The average molecular weight is 274 g/mol. The van der Waals surface area contributed by atoms with E-state index >= 15 is 0 Å². The van der Waals surface area contributed by atoms with E-state index in [-0.39, 0.29) is 17.7 Å². The van der Waals surface area contributed by atoms with Crippen molar-refractivity contribution in [2.75, 3.05) is 19.0 Å². The zero-order valence-electron chi connectivity index (χ0n) is 9.83. The first-order valence-corrected chi connectivity index (χ1v) is 6.44. The van der Waals surface area contributed by atoms with E-state index < -0.39 is 11.6 Å². The van der Waals surface area contributed by atoms with Gasteiger partial charge in [0.25, 0.3) is 0 Å². The van der Waals surface area contributed by atoms with E-state index in [4.69, 9.17) is 11.6 Å². The summed E-state index contributed by atoms with van der Waals surface area (Å²) in [4.78, 5) is 13.1. The van der Waals surface area contributed by atoms with Gasteiger partial charge in [-0.1, -0.05) is 12.1 Å². The second-order valence-electron chi connectivity index (χ2n) is 4.43. The first-order chi connectivity index (χ1) is 8.63. The molecular formula is C13H14ClF2NO. The summed E-state index contributed by atoms with van der Waals surface area (Å²) in [7, 11) is 0. The number of carbonyl (C=O) groups is 1. The van der Waals surface area contributed by atoms with Gasteiger partial charge in [-0.2, -0.15) is 0 Å². The van der Waals surface area contributed by atoms with Crippen LogP contribution in [0.3, 0.4) is 0 Å². The molecule has 0 unspecified atom stereocenters. The van der Waals surface area contributed by atoms with E-state index in [1.54, 1.807) is 11.0 Å². The Kier molecular flexibility index (Phi) is 4.17. The molecule has 1 amide bonds. The Balaban J connectivity index is 2.06. The number of nitrogens with zero attached hydrogens (tertiary/aromatic N) is 1. The molecule has 0 atom stereocenters. The summed E-state index contributed by atoms with van der Waals surface area (Å²) in [5.74, 6) is -1.74. The lowest BCUT2D eigenvalue weighted by atomic mass is 9.89. The highest BCUT2D eigenvalue weighted by Crippen LogP contribution is 2.30. The molecule has 98 valence electrons. The van der Waals surface area contributed by atoms with Crippen molar-refractivity contribution in [1.82, 2.24) is 4.90 Å². The van der Waals surface area contributed by atoms with Gasteiger partial charge in [0.15, 0.2) is 11.6 Å². The predicted octanol–water partition coefficient (Wildman–Crippen LogP) is 2.91. The standard InChI is InChI=1S/C13H14ClF2NO/c14-8-12(18)17-6-4-9(5-7-17)10-2-1-3-11(15)13(10)16/h1-3,9H,4-8H2. The van der Waals surface area contributed by atoms with Gasteiger partial charge in [-0.3, -0.25) is 4.79 Å². The van der Waals surface area contributed by atoms with E-state index in [0.29, 0.717) is 31.5 Å². The summed E-state index contributed by atoms with van der Waals surface area (Å²) in [6.45, 7) is 1.10. The minimum Gasteiger partial charge on any atom is -0.342 e. The lowest BCUT2D eigenvalue weighted by molar-refractivity contribution is -0.129. The van der Waals surface area contributed by atoms with E-state index in [2.05, 4.69) is 0 Å². The highest BCUT2D eigenvalue weighted by atomic mass is 35.5. The molecule has 5 heteroatoms. The van der Waals surface area contributed by atoms with Crippen LogP contribution in [-0.4, -0.2) is 29.8 Å². The Morgan fingerprint density at radius 3 is 2.61 bits per heavy atom. The van der Waals surface area contributed by atoms with Gasteiger partial charge in [-0.05, 0) is 30.4 Å². The fraction of sp³-hybridized carbons (Fsp3) is 0.462. The molecule has 1 aliphatic heterocycles. The van der Waals surface area contributed by atoms with E-state index in [1.807, 2.05) is 0 Å². The number of piperidine rings is 1. The molecule has 0 aliphatic carbocycles. The molecule has 0 aromatic heterocycles. The van der Waals surface area contributed by atoms with Crippen LogP contribution in [0.5, 0.6) is 0 Å². The summed E-state index contributed by atoms with van der Waals surface area (Å²) in [5.41, 5.74) is 0.410. The van der Waals surface area contributed by atoms with Crippen molar-refractivity contribution in [3.05, 3.63) is 35.4 Å². The summed E-state index contributed by atoms with van der Waals surface area (Å²) >= 11 is 5.48. The maximum Gasteiger partial charge on any atom is 0.237 e. The topological polar surface area (TPSA) is 20.3 Å². The lowest BCUT2D eigenvalue weighted by Crippen LogP contribution is -2.38. The van der Waals surface area contributed by atoms with Crippen molar-refractivity contribution in [1.29, 1.82) is 0 Å². The molecule has 0 saturated carbocycles. The van der Waals surface area contributed by atoms with E-state index in [0.717, 1.165) is 6.07 Å². The maximum absolute atomic E-state index is 13.6. The van der Waals surface area contributed by atoms with Gasteiger partial charge in [0.05, 0.1) is 0 Å². The number of hydrogen-bond acceptors (Lipinski definition) is 1. The van der Waals surface area contributed by atoms with Crippen molar-refractivity contribution in [3.63, 3.8) is 0 Å². The Labute approximate surface area is 110 Å². The molecule has 1 heterocycles. The molecule has 1 fully saturated rings. The Bertz CT molecular complexity index is 445. The molecule has 2 nitrogen and oxygen atoms in total. The third-order valence-electron chi connectivity index (χ3n) is 3.38. The van der Waals surface area contributed by atoms with Gasteiger partial charge in [0.1, 0.15) is 5.88 Å². The van der Waals surface area contributed by atoms with Crippen LogP contribution in [0.1, 0.15) is 24.3 Å². The Morgan fingerprint density at radius 2 is 2.00 bits per heavy atom. The van der Waals surface area contributed by atoms with Crippen LogP contribution in [0.25, 0.3) is 0 Å². The summed E-state index contributed by atoms with van der Waals surface area (Å²) in [6, 6.07) is 4.25. The molecule has 1 aliphatic rings. The molecule has 0 radical (unpaired) electrons. The van der Waals surface area contributed by atoms with Crippen LogP contribution < -0.4 is 0 Å². The van der Waals surface area contributed by atoms with Gasteiger partial charge < -0.3 is 4.90 Å². The normalized spacial score (nSPS) is 16.9. The molecule has 1 saturated heterocycles. The van der Waals surface area contributed by atoms with Crippen molar-refractivity contribution < 1.29 is 13.6 Å². The number of halogens is 3. The van der Waals surface area contributed by atoms with Crippen molar-refractivity contribution in [2.45, 2.75) is 18.8 Å². The minimum absolute atomic E-state index is 0.0277. The quantitative estimate of drug-likeness (QED) is 0.759. The molecule has 2 rings (SSSR count). The monoisotopic (exact) mass is 273 g/mol. The fourth-order valence-corrected chi connectivity index (χ4v) is 2.53. The number of benzene rings is 1. The van der Waals surface area contributed by atoms with Gasteiger partial charge in [-0.25, -0.2) is 8.78 Å². The molecule has 18 heavy (non-hydrogen) atoms. The summed E-state index contributed by atoms with van der Waals surface area (Å²) in [6.07, 6.45) is 1.28. The number of likely N-dealkylation sites (tertiary alicyclic amines) is 1. The van der Waals surface area contributed by atoms with Crippen molar-refractivity contribution >= 4 is 17.5 Å². The van der Waals surface area contributed by atoms with Gasteiger partial charge >= 0.3 is 0 Å². The van der Waals surface area contributed by atoms with Crippen molar-refractivity contribution in [2.24, 2.45) is 0 Å². The second-order valence-corrected chi connectivity index (χ2v) is 4.70. The van der Waals surface area contributed by atoms with Gasteiger partial charge in [0, 0.05) is 13.1 Å². The zero-order valence-corrected chi connectivity index (χ0v) is 10.6. The van der Waals surface area contributed by atoms with Gasteiger partial charge in [0.2, 0.25) is 5.91 Å². The Hall–Kier alpha value is -1.16. The highest BCUT2D eigenvalue weighted by molar-refractivity contribution is 6.27. The maximum atomic E-state index is 13.6. The SMILES string of the molecule is O=C(CCl)N1CCC(c2cccc(F)c2F)CC1. The molecule has 0 N–H and O–H groups in total. The van der Waals surface area contributed by atoms with Crippen LogP contribution in [0.15, 0.2) is 18.2 Å². The van der Waals surface area contributed by atoms with Crippen LogP contribution >= 0.6 is 11.6 Å². The van der Waals surface area contributed by atoms with Gasteiger partial charge in [-0.15, -0.1) is 11.6 Å². The van der Waals surface area contributed by atoms with Crippen molar-refractivity contribution in [3.8, 4) is 0 Å². The zero-order chi connectivity index (χ0) is 13.1. The fourth-order valence-electron chi connectivity index (χ4n) is 2.36. The Morgan fingerprint density at radius 1 is 1.33 bits per heavy atom. The van der Waals surface area contributed by atoms with Crippen LogP contribution in [0.2, 0.25) is 0 Å². The third kappa shape index (κ3) is 2.64. The third-order valence-corrected chi connectivity index (χ3v) is 3.61.